The van der Waals surface area contributed by atoms with Crippen molar-refractivity contribution in [3.05, 3.63) is 35.1 Å². The second-order valence-electron chi connectivity index (χ2n) is 4.68. The third-order valence-electron chi connectivity index (χ3n) is 2.94. The van der Waals surface area contributed by atoms with Gasteiger partial charge >= 0.3 is 0 Å². The summed E-state index contributed by atoms with van der Waals surface area (Å²) >= 11 is 0. The Balaban J connectivity index is 2.79. The van der Waals surface area contributed by atoms with E-state index < -0.39 is 11.7 Å². The first-order chi connectivity index (χ1) is 8.86. The van der Waals surface area contributed by atoms with Crippen LogP contribution < -0.4 is 5.32 Å². The maximum Gasteiger partial charge on any atom is 0.256 e. The highest BCUT2D eigenvalue weighted by atomic mass is 19.1. The van der Waals surface area contributed by atoms with E-state index in [1.165, 1.54) is 17.0 Å². The number of hydrogen-bond acceptors (Lipinski definition) is 2. The Morgan fingerprint density at radius 1 is 1.42 bits per heavy atom. The second kappa shape index (κ2) is 6.31. The molecule has 0 spiro atoms. The van der Waals surface area contributed by atoms with Gasteiger partial charge in [-0.1, -0.05) is 13.0 Å². The molecule has 19 heavy (non-hydrogen) atoms. The van der Waals surface area contributed by atoms with Crippen LogP contribution in [0.2, 0.25) is 0 Å². The molecule has 1 N–H and O–H groups in total. The van der Waals surface area contributed by atoms with Crippen LogP contribution in [0, 0.1) is 18.7 Å². The lowest BCUT2D eigenvalue weighted by Crippen LogP contribution is -2.37. The summed E-state index contributed by atoms with van der Waals surface area (Å²) in [5, 5.41) is 2.52. The number of rotatable bonds is 4. The van der Waals surface area contributed by atoms with E-state index in [2.05, 4.69) is 5.32 Å². The lowest BCUT2D eigenvalue weighted by atomic mass is 10.1. The molecule has 4 nitrogen and oxygen atoms in total. The van der Waals surface area contributed by atoms with Crippen molar-refractivity contribution < 1.29 is 14.0 Å². The number of carbonyl (C=O) groups excluding carboxylic acids is 2. The molecule has 2 amide bonds. The monoisotopic (exact) mass is 266 g/mol. The molecule has 0 radical (unpaired) electrons. The number of amides is 2. The predicted octanol–water partition coefficient (Wildman–Crippen LogP) is 1.59. The second-order valence-corrected chi connectivity index (χ2v) is 4.68. The molecule has 0 heterocycles. The van der Waals surface area contributed by atoms with Gasteiger partial charge in [-0.15, -0.1) is 0 Å². The minimum absolute atomic E-state index is 0.0252. The van der Waals surface area contributed by atoms with Crippen molar-refractivity contribution in [2.75, 3.05) is 20.6 Å². The van der Waals surface area contributed by atoms with Gasteiger partial charge in [0, 0.05) is 20.6 Å². The number of hydrogen-bond donors (Lipinski definition) is 1. The van der Waals surface area contributed by atoms with E-state index >= 15 is 0 Å². The van der Waals surface area contributed by atoms with Crippen LogP contribution in [0.25, 0.3) is 0 Å². The van der Waals surface area contributed by atoms with Crippen molar-refractivity contribution in [1.82, 2.24) is 10.2 Å². The van der Waals surface area contributed by atoms with E-state index in [0.29, 0.717) is 0 Å². The summed E-state index contributed by atoms with van der Waals surface area (Å²) in [6.45, 7) is 3.72. The Hall–Kier alpha value is -1.91. The highest BCUT2D eigenvalue weighted by Crippen LogP contribution is 2.13. The Morgan fingerprint density at radius 3 is 2.58 bits per heavy atom. The fraction of sp³-hybridized carbons (Fsp3) is 0.429. The molecule has 0 saturated heterocycles. The lowest BCUT2D eigenvalue weighted by Gasteiger charge is -2.21. The molecule has 1 atom stereocenters. The molecule has 0 bridgehead atoms. The number of halogens is 1. The molecule has 1 aromatic rings. The standard InChI is InChI=1S/C14H19FN2O2/c1-9-5-6-11(12(15)7-9)14(19)17(4)8-10(2)13(18)16-3/h5-7,10H,8H2,1-4H3,(H,16,18). The van der Waals surface area contributed by atoms with Gasteiger partial charge in [-0.25, -0.2) is 4.39 Å². The van der Waals surface area contributed by atoms with Crippen molar-refractivity contribution in [2.24, 2.45) is 5.92 Å². The van der Waals surface area contributed by atoms with Gasteiger partial charge in [0.2, 0.25) is 5.91 Å². The summed E-state index contributed by atoms with van der Waals surface area (Å²) in [6, 6.07) is 4.48. The largest absolute Gasteiger partial charge is 0.359 e. The Kier molecular flexibility index (Phi) is 5.03. The Labute approximate surface area is 112 Å². The van der Waals surface area contributed by atoms with E-state index in [1.807, 2.05) is 0 Å². The molecule has 0 aliphatic rings. The number of aryl methyl sites for hydroxylation is 1. The molecule has 1 aromatic carbocycles. The van der Waals surface area contributed by atoms with Gasteiger partial charge in [0.1, 0.15) is 5.82 Å². The average molecular weight is 266 g/mol. The van der Waals surface area contributed by atoms with E-state index in [1.54, 1.807) is 34.0 Å². The predicted molar refractivity (Wildman–Crippen MR) is 71.3 cm³/mol. The van der Waals surface area contributed by atoms with Gasteiger partial charge in [0.05, 0.1) is 11.5 Å². The Morgan fingerprint density at radius 2 is 2.05 bits per heavy atom. The minimum Gasteiger partial charge on any atom is -0.359 e. The summed E-state index contributed by atoms with van der Waals surface area (Å²) in [4.78, 5) is 24.8. The maximum absolute atomic E-state index is 13.7. The molecular weight excluding hydrogens is 247 g/mol. The molecule has 5 heteroatoms. The lowest BCUT2D eigenvalue weighted by molar-refractivity contribution is -0.124. The summed E-state index contributed by atoms with van der Waals surface area (Å²) in [5.74, 6) is -1.45. The van der Waals surface area contributed by atoms with Crippen molar-refractivity contribution in [3.8, 4) is 0 Å². The van der Waals surface area contributed by atoms with E-state index in [0.717, 1.165) is 5.56 Å². The summed E-state index contributed by atoms with van der Waals surface area (Å²) < 4.78 is 13.7. The zero-order valence-electron chi connectivity index (χ0n) is 11.7. The van der Waals surface area contributed by atoms with Crippen LogP contribution in [-0.4, -0.2) is 37.4 Å². The zero-order chi connectivity index (χ0) is 14.6. The molecule has 1 unspecified atom stereocenters. The van der Waals surface area contributed by atoms with Crippen molar-refractivity contribution in [1.29, 1.82) is 0 Å². The van der Waals surface area contributed by atoms with E-state index in [4.69, 9.17) is 0 Å². The van der Waals surface area contributed by atoms with Crippen LogP contribution in [0.4, 0.5) is 4.39 Å². The van der Waals surface area contributed by atoms with E-state index in [-0.39, 0.29) is 23.9 Å². The summed E-state index contributed by atoms with van der Waals surface area (Å²) in [7, 11) is 3.10. The number of carbonyl (C=O) groups is 2. The number of nitrogens with one attached hydrogen (secondary N) is 1. The average Bonchev–Trinajstić information content (AvgIpc) is 2.36. The fourth-order valence-corrected chi connectivity index (χ4v) is 1.82. The maximum atomic E-state index is 13.7. The van der Waals surface area contributed by atoms with Gasteiger partial charge in [-0.05, 0) is 24.6 Å². The van der Waals surface area contributed by atoms with Gasteiger partial charge in [0.15, 0.2) is 0 Å². The van der Waals surface area contributed by atoms with Gasteiger partial charge in [-0.2, -0.15) is 0 Å². The SMILES string of the molecule is CNC(=O)C(C)CN(C)C(=O)c1ccc(C)cc1F. The summed E-state index contributed by atoms with van der Waals surface area (Å²) in [6.07, 6.45) is 0. The van der Waals surface area contributed by atoms with Gasteiger partial charge in [0.25, 0.3) is 5.91 Å². The van der Waals surface area contributed by atoms with Crippen molar-refractivity contribution in [3.63, 3.8) is 0 Å². The first kappa shape index (κ1) is 15.1. The van der Waals surface area contributed by atoms with Crippen molar-refractivity contribution in [2.45, 2.75) is 13.8 Å². The van der Waals surface area contributed by atoms with E-state index in [9.17, 15) is 14.0 Å². The van der Waals surface area contributed by atoms with Crippen LogP contribution in [0.1, 0.15) is 22.8 Å². The molecule has 104 valence electrons. The smallest absolute Gasteiger partial charge is 0.256 e. The molecule has 0 aromatic heterocycles. The topological polar surface area (TPSA) is 49.4 Å². The normalized spacial score (nSPS) is 11.8. The molecule has 0 fully saturated rings. The third kappa shape index (κ3) is 3.77. The molecule has 1 rings (SSSR count). The summed E-state index contributed by atoms with van der Waals surface area (Å²) in [5.41, 5.74) is 0.785. The first-order valence-electron chi connectivity index (χ1n) is 6.10. The fourth-order valence-electron chi connectivity index (χ4n) is 1.82. The molecule has 0 aliphatic heterocycles. The quantitative estimate of drug-likeness (QED) is 0.899. The molecular formula is C14H19FN2O2. The Bertz CT molecular complexity index is 488. The third-order valence-corrected chi connectivity index (χ3v) is 2.94. The van der Waals surface area contributed by atoms with Crippen LogP contribution in [-0.2, 0) is 4.79 Å². The molecule has 0 saturated carbocycles. The number of benzene rings is 1. The number of nitrogens with zero attached hydrogens (tertiary/aromatic N) is 1. The van der Waals surface area contributed by atoms with Crippen molar-refractivity contribution >= 4 is 11.8 Å². The van der Waals surface area contributed by atoms with Gasteiger partial charge < -0.3 is 10.2 Å². The van der Waals surface area contributed by atoms with Crippen LogP contribution in [0.3, 0.4) is 0 Å². The van der Waals surface area contributed by atoms with Crippen LogP contribution in [0.15, 0.2) is 18.2 Å². The van der Waals surface area contributed by atoms with Gasteiger partial charge in [-0.3, -0.25) is 9.59 Å². The zero-order valence-corrected chi connectivity index (χ0v) is 11.7. The highest BCUT2D eigenvalue weighted by molar-refractivity contribution is 5.94. The highest BCUT2D eigenvalue weighted by Gasteiger charge is 2.20. The minimum atomic E-state index is -0.538. The van der Waals surface area contributed by atoms with Crippen LogP contribution >= 0.6 is 0 Å². The first-order valence-corrected chi connectivity index (χ1v) is 6.10. The molecule has 0 aliphatic carbocycles. The van der Waals surface area contributed by atoms with Crippen LogP contribution in [0.5, 0.6) is 0 Å².